The van der Waals surface area contributed by atoms with E-state index in [1.165, 1.54) is 27.8 Å². The summed E-state index contributed by atoms with van der Waals surface area (Å²) >= 11 is 0. The van der Waals surface area contributed by atoms with Crippen LogP contribution >= 0.6 is 0 Å². The summed E-state index contributed by atoms with van der Waals surface area (Å²) in [6.07, 6.45) is 3.91. The van der Waals surface area contributed by atoms with Gasteiger partial charge in [-0.2, -0.15) is 0 Å². The highest BCUT2D eigenvalue weighted by Gasteiger charge is 2.23. The van der Waals surface area contributed by atoms with Gasteiger partial charge in [-0.3, -0.25) is 4.57 Å². The van der Waals surface area contributed by atoms with E-state index >= 15 is 0 Å². The smallest absolute Gasteiger partial charge is 0.145 e. The summed E-state index contributed by atoms with van der Waals surface area (Å²) in [6.45, 7) is 8.27. The lowest BCUT2D eigenvalue weighted by molar-refractivity contribution is 1.04. The molecule has 1 aromatic heterocycles. The average molecular weight is 631 g/mol. The van der Waals surface area contributed by atoms with Crippen molar-refractivity contribution in [3.8, 4) is 28.3 Å². The number of hydrogen-bond donors (Lipinski definition) is 0. The van der Waals surface area contributed by atoms with E-state index in [1.807, 2.05) is 6.08 Å². The summed E-state index contributed by atoms with van der Waals surface area (Å²) in [7, 11) is 0. The predicted molar refractivity (Wildman–Crippen MR) is 207 cm³/mol. The summed E-state index contributed by atoms with van der Waals surface area (Å²) in [5, 5.41) is 0. The third kappa shape index (κ3) is 6.50. The second kappa shape index (κ2) is 14.3. The molecule has 0 radical (unpaired) electrons. The molecular formula is C47H38N2. The number of allylic oxidation sites excluding steroid dienone is 3. The predicted octanol–water partition coefficient (Wildman–Crippen LogP) is 12.1. The number of aromatic nitrogens is 2. The highest BCUT2D eigenvalue weighted by atomic mass is 15.1. The van der Waals surface area contributed by atoms with E-state index in [0.29, 0.717) is 0 Å². The number of aryl methyl sites for hydroxylation is 1. The standard InChI is InChI=1S/C47H38N2/c1-4-18-35(3)46-45(41-26-17-19-34(2)33-41)48-47(49(46)42-27-15-8-16-28-42)40-31-29-39(30-32-40)44(38-24-13-7-14-25-38)43(36-20-9-5-10-21-36)37-22-11-6-12-23-37/h4-33H,1H2,2-3H3/b35-18+. The average Bonchev–Trinajstić information content (AvgIpc) is 3.57. The summed E-state index contributed by atoms with van der Waals surface area (Å²) in [6, 6.07) is 60.1. The third-order valence-electron chi connectivity index (χ3n) is 8.79. The van der Waals surface area contributed by atoms with Crippen LogP contribution in [0.4, 0.5) is 0 Å². The molecule has 6 aromatic carbocycles. The zero-order valence-corrected chi connectivity index (χ0v) is 27.9. The van der Waals surface area contributed by atoms with Gasteiger partial charge >= 0.3 is 0 Å². The topological polar surface area (TPSA) is 17.8 Å². The van der Waals surface area contributed by atoms with E-state index < -0.39 is 0 Å². The van der Waals surface area contributed by atoms with E-state index in [-0.39, 0.29) is 0 Å². The molecule has 0 aliphatic rings. The molecule has 7 rings (SSSR count). The van der Waals surface area contributed by atoms with Gasteiger partial charge in [-0.1, -0.05) is 176 Å². The van der Waals surface area contributed by atoms with Crippen LogP contribution in [-0.4, -0.2) is 9.55 Å². The first kappa shape index (κ1) is 31.4. The van der Waals surface area contributed by atoms with Crippen LogP contribution in [-0.2, 0) is 0 Å². The van der Waals surface area contributed by atoms with Crippen molar-refractivity contribution in [3.63, 3.8) is 0 Å². The molecule has 0 aliphatic heterocycles. The van der Waals surface area contributed by atoms with E-state index in [2.05, 4.69) is 201 Å². The zero-order valence-electron chi connectivity index (χ0n) is 27.9. The molecule has 0 aliphatic carbocycles. The SMILES string of the molecule is C=C/C=C(\C)c1c(-c2cccc(C)c2)nc(-c2ccc(C(=C(c3ccccc3)c3ccccc3)c3ccccc3)cc2)n1-c1ccccc1. The minimum Gasteiger partial charge on any atom is -0.292 e. The first-order chi connectivity index (χ1) is 24.1. The molecule has 2 heteroatoms. The summed E-state index contributed by atoms with van der Waals surface area (Å²) in [5.74, 6) is 0.887. The van der Waals surface area contributed by atoms with Crippen LogP contribution in [0.3, 0.4) is 0 Å². The van der Waals surface area contributed by atoms with Gasteiger partial charge in [-0.25, -0.2) is 4.98 Å². The molecule has 0 amide bonds. The molecule has 0 bridgehead atoms. The number of rotatable bonds is 9. The maximum absolute atomic E-state index is 5.41. The first-order valence-corrected chi connectivity index (χ1v) is 16.7. The molecule has 0 spiro atoms. The van der Waals surface area contributed by atoms with Crippen molar-refractivity contribution in [2.45, 2.75) is 13.8 Å². The van der Waals surface area contributed by atoms with Gasteiger partial charge in [0.25, 0.3) is 0 Å². The highest BCUT2D eigenvalue weighted by Crippen LogP contribution is 2.39. The van der Waals surface area contributed by atoms with Crippen molar-refractivity contribution in [1.29, 1.82) is 0 Å². The summed E-state index contributed by atoms with van der Waals surface area (Å²) < 4.78 is 2.29. The lowest BCUT2D eigenvalue weighted by atomic mass is 9.85. The number of imidazole rings is 1. The van der Waals surface area contributed by atoms with Crippen LogP contribution in [0.5, 0.6) is 0 Å². The molecule has 0 unspecified atom stereocenters. The molecule has 7 aromatic rings. The van der Waals surface area contributed by atoms with Crippen molar-refractivity contribution in [2.24, 2.45) is 0 Å². The quantitative estimate of drug-likeness (QED) is 0.115. The van der Waals surface area contributed by atoms with Crippen molar-refractivity contribution in [1.82, 2.24) is 9.55 Å². The fourth-order valence-corrected chi connectivity index (χ4v) is 6.57. The first-order valence-electron chi connectivity index (χ1n) is 16.7. The van der Waals surface area contributed by atoms with Crippen molar-refractivity contribution < 1.29 is 0 Å². The normalized spacial score (nSPS) is 11.3. The van der Waals surface area contributed by atoms with E-state index in [0.717, 1.165) is 50.7 Å². The Kier molecular flexibility index (Phi) is 9.12. The fraction of sp³-hybridized carbons (Fsp3) is 0.0426. The van der Waals surface area contributed by atoms with Crippen molar-refractivity contribution >= 4 is 16.7 Å². The van der Waals surface area contributed by atoms with Crippen molar-refractivity contribution in [3.05, 3.63) is 222 Å². The minimum atomic E-state index is 0.887. The summed E-state index contributed by atoms with van der Waals surface area (Å²) in [4.78, 5) is 5.41. The molecule has 0 fully saturated rings. The monoisotopic (exact) mass is 630 g/mol. The molecule has 0 N–H and O–H groups in total. The Morgan fingerprint density at radius 3 is 1.53 bits per heavy atom. The van der Waals surface area contributed by atoms with Crippen LogP contribution in [0, 0.1) is 6.92 Å². The van der Waals surface area contributed by atoms with Crippen LogP contribution in [0.15, 0.2) is 189 Å². The Hall–Kier alpha value is -6.25. The second-order valence-electron chi connectivity index (χ2n) is 12.2. The van der Waals surface area contributed by atoms with Gasteiger partial charge in [0, 0.05) is 16.8 Å². The van der Waals surface area contributed by atoms with Gasteiger partial charge in [0.1, 0.15) is 5.82 Å². The molecular weight excluding hydrogens is 593 g/mol. The van der Waals surface area contributed by atoms with Gasteiger partial charge in [-0.05, 0) is 71.0 Å². The lowest BCUT2D eigenvalue weighted by Gasteiger charge is -2.18. The Balaban J connectivity index is 1.47. The Morgan fingerprint density at radius 1 is 0.551 bits per heavy atom. The maximum atomic E-state index is 5.41. The Bertz CT molecular complexity index is 2210. The lowest BCUT2D eigenvalue weighted by Crippen LogP contribution is -2.02. The largest absolute Gasteiger partial charge is 0.292 e. The number of hydrogen-bond acceptors (Lipinski definition) is 1. The minimum absolute atomic E-state index is 0.887. The molecule has 49 heavy (non-hydrogen) atoms. The van der Waals surface area contributed by atoms with Gasteiger partial charge in [-0.15, -0.1) is 0 Å². The number of nitrogens with zero attached hydrogens (tertiary/aromatic N) is 2. The van der Waals surface area contributed by atoms with Gasteiger partial charge in [0.15, 0.2) is 0 Å². The highest BCUT2D eigenvalue weighted by molar-refractivity contribution is 6.04. The zero-order chi connectivity index (χ0) is 33.6. The van der Waals surface area contributed by atoms with E-state index in [9.17, 15) is 0 Å². The summed E-state index contributed by atoms with van der Waals surface area (Å²) in [5.41, 5.74) is 14.5. The maximum Gasteiger partial charge on any atom is 0.145 e. The molecule has 236 valence electrons. The van der Waals surface area contributed by atoms with Crippen LogP contribution in [0.25, 0.3) is 45.1 Å². The fourth-order valence-electron chi connectivity index (χ4n) is 6.57. The Labute approximate surface area is 289 Å². The van der Waals surface area contributed by atoms with Crippen molar-refractivity contribution in [2.75, 3.05) is 0 Å². The third-order valence-corrected chi connectivity index (χ3v) is 8.79. The Morgan fingerprint density at radius 2 is 1.04 bits per heavy atom. The van der Waals surface area contributed by atoms with Gasteiger partial charge < -0.3 is 0 Å². The molecule has 1 heterocycles. The van der Waals surface area contributed by atoms with Gasteiger partial charge in [0.2, 0.25) is 0 Å². The number of para-hydroxylation sites is 1. The van der Waals surface area contributed by atoms with Crippen LogP contribution in [0.1, 0.15) is 40.4 Å². The van der Waals surface area contributed by atoms with Crippen LogP contribution in [0.2, 0.25) is 0 Å². The molecule has 0 atom stereocenters. The molecule has 0 saturated heterocycles. The number of benzene rings is 6. The van der Waals surface area contributed by atoms with Crippen LogP contribution < -0.4 is 0 Å². The van der Waals surface area contributed by atoms with Gasteiger partial charge in [0.05, 0.1) is 11.4 Å². The van der Waals surface area contributed by atoms with E-state index in [4.69, 9.17) is 4.98 Å². The molecule has 0 saturated carbocycles. The second-order valence-corrected chi connectivity index (χ2v) is 12.2. The van der Waals surface area contributed by atoms with E-state index in [1.54, 1.807) is 0 Å². The molecule has 2 nitrogen and oxygen atoms in total.